The summed E-state index contributed by atoms with van der Waals surface area (Å²) < 4.78 is 6.78. The Balaban J connectivity index is 1.41. The van der Waals surface area contributed by atoms with Crippen molar-refractivity contribution < 1.29 is 4.74 Å². The van der Waals surface area contributed by atoms with Crippen LogP contribution in [0.15, 0.2) is 64.4 Å². The maximum atomic E-state index is 6.78. The lowest BCUT2D eigenvalue weighted by atomic mass is 9.69. The molecular formula is C23H26OS2. The molecule has 3 heteroatoms. The Hall–Kier alpha value is -0.900. The van der Waals surface area contributed by atoms with Crippen LogP contribution in [0.3, 0.4) is 0 Å². The fourth-order valence-electron chi connectivity index (χ4n) is 5.49. The predicted molar refractivity (Wildman–Crippen MR) is 111 cm³/mol. The molecule has 0 aromatic heterocycles. The van der Waals surface area contributed by atoms with Gasteiger partial charge in [0.2, 0.25) is 0 Å². The van der Waals surface area contributed by atoms with Gasteiger partial charge in [-0.3, -0.25) is 0 Å². The van der Waals surface area contributed by atoms with Gasteiger partial charge in [-0.2, -0.15) is 0 Å². The van der Waals surface area contributed by atoms with Gasteiger partial charge in [0.15, 0.2) is 0 Å². The van der Waals surface area contributed by atoms with Crippen LogP contribution in [0.25, 0.3) is 0 Å². The molecule has 0 radical (unpaired) electrons. The number of hydrogen-bond donors (Lipinski definition) is 0. The van der Waals surface area contributed by atoms with Gasteiger partial charge < -0.3 is 4.74 Å². The van der Waals surface area contributed by atoms with Crippen LogP contribution in [0.1, 0.15) is 44.1 Å². The molecule has 2 aliphatic carbocycles. The highest BCUT2D eigenvalue weighted by atomic mass is 32.2. The average Bonchev–Trinajstić information content (AvgIpc) is 3.04. The molecule has 0 N–H and O–H groups in total. The number of thioether (sulfide) groups is 1. The summed E-state index contributed by atoms with van der Waals surface area (Å²) in [5.74, 6) is 2.09. The van der Waals surface area contributed by atoms with E-state index in [4.69, 9.17) is 4.74 Å². The number of ether oxygens (including phenoxy) is 1. The van der Waals surface area contributed by atoms with E-state index in [0.717, 1.165) is 5.92 Å². The fraction of sp³-hybridized carbons (Fsp3) is 0.478. The van der Waals surface area contributed by atoms with Gasteiger partial charge in [-0.05, 0) is 48.8 Å². The zero-order valence-electron chi connectivity index (χ0n) is 15.5. The van der Waals surface area contributed by atoms with Crippen LogP contribution in [-0.4, -0.2) is 11.9 Å². The molecule has 136 valence electrons. The third-order valence-electron chi connectivity index (χ3n) is 7.28. The van der Waals surface area contributed by atoms with Gasteiger partial charge >= 0.3 is 0 Å². The third-order valence-corrected chi connectivity index (χ3v) is 9.73. The molecule has 1 heterocycles. The molecule has 1 spiro atoms. The molecule has 2 aromatic carbocycles. The van der Waals surface area contributed by atoms with E-state index in [1.165, 1.54) is 40.4 Å². The van der Waals surface area contributed by atoms with Gasteiger partial charge in [-0.1, -0.05) is 62.0 Å². The molecule has 2 saturated carbocycles. The van der Waals surface area contributed by atoms with Crippen LogP contribution in [0.5, 0.6) is 0 Å². The van der Waals surface area contributed by atoms with E-state index >= 15 is 0 Å². The zero-order valence-corrected chi connectivity index (χ0v) is 17.1. The average molecular weight is 383 g/mol. The lowest BCUT2D eigenvalue weighted by Crippen LogP contribution is -2.45. The van der Waals surface area contributed by atoms with E-state index in [0.29, 0.717) is 16.9 Å². The van der Waals surface area contributed by atoms with Crippen molar-refractivity contribution in [2.75, 3.05) is 5.75 Å². The maximum Gasteiger partial charge on any atom is 0.129 e. The molecule has 1 nitrogen and oxygen atoms in total. The quantitative estimate of drug-likeness (QED) is 0.578. The highest BCUT2D eigenvalue weighted by molar-refractivity contribution is 8.00. The topological polar surface area (TPSA) is 9.23 Å². The van der Waals surface area contributed by atoms with Crippen molar-refractivity contribution in [3.63, 3.8) is 0 Å². The Kier molecular flexibility index (Phi) is 4.19. The van der Waals surface area contributed by atoms with E-state index in [1.807, 2.05) is 23.5 Å². The van der Waals surface area contributed by atoms with Gasteiger partial charge in [-0.15, -0.1) is 11.8 Å². The monoisotopic (exact) mass is 382 g/mol. The molecule has 3 aliphatic rings. The molecule has 4 atom stereocenters. The Labute approximate surface area is 165 Å². The molecule has 2 aromatic rings. The Morgan fingerprint density at radius 1 is 1.04 bits per heavy atom. The normalized spacial score (nSPS) is 34.6. The van der Waals surface area contributed by atoms with Crippen LogP contribution in [0, 0.1) is 16.7 Å². The van der Waals surface area contributed by atoms with Crippen molar-refractivity contribution in [2.45, 2.75) is 54.4 Å². The molecule has 0 unspecified atom stereocenters. The van der Waals surface area contributed by atoms with Crippen molar-refractivity contribution in [1.82, 2.24) is 0 Å². The standard InChI is InChI=1S/C23H26OS2/c1-22(2)16-12-13-23(22)15-25-21(24-20(23)14-16)18-10-6-7-11-19(18)26-17-8-4-3-5-9-17/h3-11,16,20-21H,12-15H2,1-2H3/t16-,20+,21+,23-/m1/s1. The van der Waals surface area contributed by atoms with Gasteiger partial charge in [0.05, 0.1) is 6.10 Å². The molecular weight excluding hydrogens is 356 g/mol. The second kappa shape index (κ2) is 6.32. The SMILES string of the molecule is CC1(C)[C@@H]2CC[C@]13CS[C@@H](c1ccccc1Sc1ccccc1)O[C@H]3C2. The summed E-state index contributed by atoms with van der Waals surface area (Å²) in [4.78, 5) is 2.62. The molecule has 0 amide bonds. The summed E-state index contributed by atoms with van der Waals surface area (Å²) >= 11 is 3.89. The number of fused-ring (bicyclic) bond motifs is 1. The summed E-state index contributed by atoms with van der Waals surface area (Å²) in [5, 5.41) is 0. The molecule has 1 aliphatic heterocycles. The van der Waals surface area contributed by atoms with E-state index in [9.17, 15) is 0 Å². The first-order valence-electron chi connectivity index (χ1n) is 9.69. The van der Waals surface area contributed by atoms with E-state index in [-0.39, 0.29) is 5.44 Å². The lowest BCUT2D eigenvalue weighted by molar-refractivity contribution is -0.0676. The third kappa shape index (κ3) is 2.51. The van der Waals surface area contributed by atoms with Crippen LogP contribution in [-0.2, 0) is 4.74 Å². The Morgan fingerprint density at radius 2 is 1.81 bits per heavy atom. The van der Waals surface area contributed by atoms with Gasteiger partial charge in [0, 0.05) is 26.5 Å². The molecule has 3 fully saturated rings. The minimum absolute atomic E-state index is 0.174. The Bertz CT molecular complexity index is 803. The highest BCUT2D eigenvalue weighted by Gasteiger charge is 2.66. The molecule has 2 bridgehead atoms. The van der Waals surface area contributed by atoms with Crippen molar-refractivity contribution in [2.24, 2.45) is 16.7 Å². The zero-order chi connectivity index (χ0) is 17.8. The van der Waals surface area contributed by atoms with Gasteiger partial charge in [0.1, 0.15) is 5.44 Å². The lowest BCUT2D eigenvalue weighted by Gasteiger charge is -2.47. The van der Waals surface area contributed by atoms with Gasteiger partial charge in [0.25, 0.3) is 0 Å². The largest absolute Gasteiger partial charge is 0.359 e. The second-order valence-corrected chi connectivity index (χ2v) is 10.7. The van der Waals surface area contributed by atoms with Crippen molar-refractivity contribution in [3.05, 3.63) is 60.2 Å². The number of rotatable bonds is 3. The first kappa shape index (κ1) is 17.2. The first-order chi connectivity index (χ1) is 12.6. The number of benzene rings is 2. The summed E-state index contributed by atoms with van der Waals surface area (Å²) in [6.45, 7) is 4.99. The maximum absolute atomic E-state index is 6.78. The molecule has 26 heavy (non-hydrogen) atoms. The minimum Gasteiger partial charge on any atom is -0.359 e. The molecule has 5 rings (SSSR count). The van der Waals surface area contributed by atoms with Crippen LogP contribution >= 0.6 is 23.5 Å². The van der Waals surface area contributed by atoms with Crippen LogP contribution in [0.2, 0.25) is 0 Å². The first-order valence-corrected chi connectivity index (χ1v) is 11.6. The van der Waals surface area contributed by atoms with Crippen molar-refractivity contribution in [1.29, 1.82) is 0 Å². The summed E-state index contributed by atoms with van der Waals surface area (Å²) in [6, 6.07) is 19.5. The Morgan fingerprint density at radius 3 is 2.62 bits per heavy atom. The van der Waals surface area contributed by atoms with E-state index in [2.05, 4.69) is 68.4 Å². The van der Waals surface area contributed by atoms with Crippen LogP contribution < -0.4 is 0 Å². The number of hydrogen-bond acceptors (Lipinski definition) is 3. The summed E-state index contributed by atoms with van der Waals surface area (Å²) in [6.07, 6.45) is 4.46. The van der Waals surface area contributed by atoms with E-state index in [1.54, 1.807) is 0 Å². The predicted octanol–water partition coefficient (Wildman–Crippen LogP) is 6.79. The minimum atomic E-state index is 0.174. The van der Waals surface area contributed by atoms with Crippen molar-refractivity contribution >= 4 is 23.5 Å². The van der Waals surface area contributed by atoms with Gasteiger partial charge in [-0.25, -0.2) is 0 Å². The summed E-state index contributed by atoms with van der Waals surface area (Å²) in [5.41, 5.74) is 2.36. The van der Waals surface area contributed by atoms with Crippen LogP contribution in [0.4, 0.5) is 0 Å². The smallest absolute Gasteiger partial charge is 0.129 e. The van der Waals surface area contributed by atoms with Crippen molar-refractivity contribution in [3.8, 4) is 0 Å². The second-order valence-electron chi connectivity index (χ2n) is 8.57. The highest BCUT2D eigenvalue weighted by Crippen LogP contribution is 2.70. The molecule has 1 saturated heterocycles. The fourth-order valence-corrected chi connectivity index (χ4v) is 8.30. The van der Waals surface area contributed by atoms with E-state index < -0.39 is 0 Å². The summed E-state index contributed by atoms with van der Waals surface area (Å²) in [7, 11) is 0.